The smallest absolute Gasteiger partial charge is 0.237 e. The Kier molecular flexibility index (Phi) is 6.38. The summed E-state index contributed by atoms with van der Waals surface area (Å²) in [6, 6.07) is 0. The van der Waals surface area contributed by atoms with Crippen LogP contribution in [0.3, 0.4) is 0 Å². The third-order valence-corrected chi connectivity index (χ3v) is 5.48. The highest BCUT2D eigenvalue weighted by Gasteiger charge is 2.41. The van der Waals surface area contributed by atoms with Gasteiger partial charge in [0.25, 0.3) is 0 Å². The zero-order valence-electron chi connectivity index (χ0n) is 13.8. The van der Waals surface area contributed by atoms with Gasteiger partial charge in [0.2, 0.25) is 15.9 Å². The largest absolute Gasteiger partial charge is 0.385 e. The molecular formula is C14H26N2O6S. The van der Waals surface area contributed by atoms with Crippen molar-refractivity contribution in [1.29, 1.82) is 0 Å². The predicted octanol–water partition coefficient (Wildman–Crippen LogP) is -0.350. The van der Waals surface area contributed by atoms with Crippen molar-refractivity contribution in [2.45, 2.75) is 25.0 Å². The highest BCUT2D eigenvalue weighted by molar-refractivity contribution is 7.88. The number of sulfonamides is 1. The van der Waals surface area contributed by atoms with Crippen LogP contribution in [-0.4, -0.2) is 88.7 Å². The van der Waals surface area contributed by atoms with Gasteiger partial charge < -0.3 is 19.1 Å². The summed E-state index contributed by atoms with van der Waals surface area (Å²) in [4.78, 5) is 14.1. The number of nitrogens with zero attached hydrogens (tertiary/aromatic N) is 2. The summed E-state index contributed by atoms with van der Waals surface area (Å²) in [5.74, 6) is -0.716. The first kappa shape index (κ1) is 18.6. The van der Waals surface area contributed by atoms with Crippen LogP contribution in [0.1, 0.15) is 19.3 Å². The summed E-state index contributed by atoms with van der Waals surface area (Å²) in [5.41, 5.74) is 0. The van der Waals surface area contributed by atoms with Crippen molar-refractivity contribution in [3.63, 3.8) is 0 Å². The summed E-state index contributed by atoms with van der Waals surface area (Å²) in [6.07, 6.45) is 2.93. The zero-order chi connectivity index (χ0) is 16.9. The van der Waals surface area contributed by atoms with Gasteiger partial charge >= 0.3 is 0 Å². The molecule has 2 aliphatic heterocycles. The molecule has 1 spiro atoms. The molecule has 2 fully saturated rings. The monoisotopic (exact) mass is 350 g/mol. The second kappa shape index (κ2) is 7.89. The van der Waals surface area contributed by atoms with Gasteiger partial charge in [0.1, 0.15) is 0 Å². The SMILES string of the molecule is COCCCN(CC(=O)N1CCC2(CC1)OCCO2)S(C)(=O)=O. The van der Waals surface area contributed by atoms with Crippen LogP contribution in [0.25, 0.3) is 0 Å². The van der Waals surface area contributed by atoms with Gasteiger partial charge in [-0.2, -0.15) is 4.31 Å². The van der Waals surface area contributed by atoms with Gasteiger partial charge in [-0.05, 0) is 6.42 Å². The van der Waals surface area contributed by atoms with Crippen molar-refractivity contribution in [2.24, 2.45) is 0 Å². The molecule has 2 rings (SSSR count). The lowest BCUT2D eigenvalue weighted by Crippen LogP contribution is -2.50. The average molecular weight is 350 g/mol. The highest BCUT2D eigenvalue weighted by atomic mass is 32.2. The molecule has 0 aromatic heterocycles. The van der Waals surface area contributed by atoms with E-state index in [1.165, 1.54) is 4.31 Å². The molecule has 2 heterocycles. The third kappa shape index (κ3) is 5.12. The molecule has 0 unspecified atom stereocenters. The quantitative estimate of drug-likeness (QED) is 0.584. The Morgan fingerprint density at radius 2 is 1.87 bits per heavy atom. The maximum atomic E-state index is 12.4. The van der Waals surface area contributed by atoms with Gasteiger partial charge in [0, 0.05) is 46.2 Å². The van der Waals surface area contributed by atoms with Crippen molar-refractivity contribution in [2.75, 3.05) is 59.4 Å². The van der Waals surface area contributed by atoms with Crippen LogP contribution in [0, 0.1) is 0 Å². The molecule has 0 atom stereocenters. The van der Waals surface area contributed by atoms with E-state index in [9.17, 15) is 13.2 Å². The second-order valence-electron chi connectivity index (χ2n) is 5.93. The minimum Gasteiger partial charge on any atom is -0.385 e. The minimum absolute atomic E-state index is 0.128. The predicted molar refractivity (Wildman–Crippen MR) is 83.4 cm³/mol. The number of hydrogen-bond acceptors (Lipinski definition) is 6. The molecular weight excluding hydrogens is 324 g/mol. The highest BCUT2D eigenvalue weighted by Crippen LogP contribution is 2.31. The first-order valence-corrected chi connectivity index (χ1v) is 9.71. The minimum atomic E-state index is -3.42. The summed E-state index contributed by atoms with van der Waals surface area (Å²) in [6.45, 7) is 2.84. The molecule has 1 amide bonds. The van der Waals surface area contributed by atoms with Crippen LogP contribution in [0.5, 0.6) is 0 Å². The number of rotatable bonds is 7. The van der Waals surface area contributed by atoms with Crippen LogP contribution in [-0.2, 0) is 29.0 Å². The van der Waals surface area contributed by atoms with Gasteiger partial charge in [0.05, 0.1) is 26.0 Å². The van der Waals surface area contributed by atoms with E-state index in [0.717, 1.165) is 6.26 Å². The van der Waals surface area contributed by atoms with Crippen LogP contribution in [0.15, 0.2) is 0 Å². The number of amides is 1. The summed E-state index contributed by atoms with van der Waals surface area (Å²) < 4.78 is 41.0. The molecule has 8 nitrogen and oxygen atoms in total. The van der Waals surface area contributed by atoms with Crippen LogP contribution in [0.4, 0.5) is 0 Å². The molecule has 2 saturated heterocycles. The number of methoxy groups -OCH3 is 1. The average Bonchev–Trinajstić information content (AvgIpc) is 2.94. The number of likely N-dealkylation sites (tertiary alicyclic amines) is 1. The van der Waals surface area contributed by atoms with E-state index in [0.29, 0.717) is 52.2 Å². The van der Waals surface area contributed by atoms with Crippen molar-refractivity contribution >= 4 is 15.9 Å². The van der Waals surface area contributed by atoms with Crippen molar-refractivity contribution in [3.8, 4) is 0 Å². The van der Waals surface area contributed by atoms with Crippen molar-refractivity contribution < 1.29 is 27.4 Å². The number of hydrogen-bond donors (Lipinski definition) is 0. The molecule has 134 valence electrons. The Morgan fingerprint density at radius 3 is 2.39 bits per heavy atom. The Morgan fingerprint density at radius 1 is 1.26 bits per heavy atom. The number of carbonyl (C=O) groups is 1. The van der Waals surface area contributed by atoms with Crippen LogP contribution >= 0.6 is 0 Å². The summed E-state index contributed by atoms with van der Waals surface area (Å²) in [5, 5.41) is 0. The third-order valence-electron chi connectivity index (χ3n) is 4.23. The zero-order valence-corrected chi connectivity index (χ0v) is 14.6. The molecule has 0 N–H and O–H groups in total. The maximum Gasteiger partial charge on any atom is 0.237 e. The van der Waals surface area contributed by atoms with Gasteiger partial charge in [-0.3, -0.25) is 4.79 Å². The standard InChI is InChI=1S/C14H26N2O6S/c1-20-9-3-6-16(23(2,18)19)12-13(17)15-7-4-14(5-8-15)21-10-11-22-14/h3-12H2,1-2H3. The fourth-order valence-electron chi connectivity index (χ4n) is 2.88. The molecule has 2 aliphatic rings. The molecule has 0 aliphatic carbocycles. The van der Waals surface area contributed by atoms with E-state index in [2.05, 4.69) is 0 Å². The van der Waals surface area contributed by atoms with Gasteiger partial charge in [-0.25, -0.2) is 8.42 Å². The molecule has 0 bridgehead atoms. The van der Waals surface area contributed by atoms with E-state index in [4.69, 9.17) is 14.2 Å². The first-order chi connectivity index (χ1) is 10.9. The Hall–Kier alpha value is -0.740. The van der Waals surface area contributed by atoms with Gasteiger partial charge in [-0.15, -0.1) is 0 Å². The molecule has 0 aromatic carbocycles. The Balaban J connectivity index is 1.86. The van der Waals surface area contributed by atoms with Crippen LogP contribution in [0.2, 0.25) is 0 Å². The van der Waals surface area contributed by atoms with Crippen molar-refractivity contribution in [1.82, 2.24) is 9.21 Å². The van der Waals surface area contributed by atoms with E-state index < -0.39 is 15.8 Å². The Bertz CT molecular complexity index is 493. The van der Waals surface area contributed by atoms with E-state index in [1.807, 2.05) is 0 Å². The molecule has 0 saturated carbocycles. The molecule has 23 heavy (non-hydrogen) atoms. The maximum absolute atomic E-state index is 12.4. The van der Waals surface area contributed by atoms with E-state index >= 15 is 0 Å². The number of carbonyl (C=O) groups excluding carboxylic acids is 1. The number of piperidine rings is 1. The topological polar surface area (TPSA) is 85.4 Å². The molecule has 0 aromatic rings. The van der Waals surface area contributed by atoms with Gasteiger partial charge in [0.15, 0.2) is 5.79 Å². The lowest BCUT2D eigenvalue weighted by Gasteiger charge is -2.38. The fraction of sp³-hybridized carbons (Fsp3) is 0.929. The molecule has 0 radical (unpaired) electrons. The van der Waals surface area contributed by atoms with Crippen LogP contribution < -0.4 is 0 Å². The normalized spacial score (nSPS) is 21.3. The Labute approximate surface area is 137 Å². The fourth-order valence-corrected chi connectivity index (χ4v) is 3.69. The lowest BCUT2D eigenvalue weighted by atomic mass is 10.0. The first-order valence-electron chi connectivity index (χ1n) is 7.86. The number of ether oxygens (including phenoxy) is 3. The summed E-state index contributed by atoms with van der Waals surface area (Å²) >= 11 is 0. The molecule has 9 heteroatoms. The lowest BCUT2D eigenvalue weighted by molar-refractivity contribution is -0.187. The van der Waals surface area contributed by atoms with Gasteiger partial charge in [-0.1, -0.05) is 0 Å². The summed E-state index contributed by atoms with van der Waals surface area (Å²) in [7, 11) is -1.86. The van der Waals surface area contributed by atoms with E-state index in [-0.39, 0.29) is 19.0 Å². The second-order valence-corrected chi connectivity index (χ2v) is 7.91. The van der Waals surface area contributed by atoms with Crippen molar-refractivity contribution in [3.05, 3.63) is 0 Å². The van der Waals surface area contributed by atoms with E-state index in [1.54, 1.807) is 12.0 Å².